The standard InChI is InChI=1S/C33H29N3O5/c1-38-25-12-14-26(15-13-25)41-21-24-17-22(11-16-32(24)40-3)20-34-36-33(37)29-19-31(23-7-6-8-27(18-23)39-2)35-30-10-5-4-9-28(29)30/h4-20H,21H2,1-3H3,(H,36,37). The summed E-state index contributed by atoms with van der Waals surface area (Å²) < 4.78 is 22.0. The maximum absolute atomic E-state index is 13.3. The van der Waals surface area contributed by atoms with Crippen molar-refractivity contribution in [3.8, 4) is 34.3 Å². The van der Waals surface area contributed by atoms with Crippen molar-refractivity contribution in [1.82, 2.24) is 10.4 Å². The number of hydrogen-bond donors (Lipinski definition) is 1. The summed E-state index contributed by atoms with van der Waals surface area (Å²) in [5, 5.41) is 4.96. The summed E-state index contributed by atoms with van der Waals surface area (Å²) in [7, 11) is 4.84. The molecule has 8 nitrogen and oxygen atoms in total. The van der Waals surface area contributed by atoms with E-state index in [1.165, 1.54) is 0 Å². The van der Waals surface area contributed by atoms with Crippen LogP contribution >= 0.6 is 0 Å². The summed E-state index contributed by atoms with van der Waals surface area (Å²) in [5.41, 5.74) is 6.95. The third kappa shape index (κ3) is 6.45. The Morgan fingerprint density at radius 1 is 0.805 bits per heavy atom. The van der Waals surface area contributed by atoms with Crippen LogP contribution in [-0.4, -0.2) is 38.4 Å². The number of rotatable bonds is 10. The van der Waals surface area contributed by atoms with Gasteiger partial charge >= 0.3 is 0 Å². The molecule has 0 unspecified atom stereocenters. The topological polar surface area (TPSA) is 91.3 Å². The van der Waals surface area contributed by atoms with E-state index >= 15 is 0 Å². The number of carbonyl (C=O) groups excluding carboxylic acids is 1. The SMILES string of the molecule is COc1ccc(OCc2cc(C=NNC(=O)c3cc(-c4cccc(OC)c4)nc4ccccc34)ccc2OC)cc1. The van der Waals surface area contributed by atoms with Crippen molar-refractivity contribution in [2.24, 2.45) is 5.10 Å². The first-order valence-corrected chi connectivity index (χ1v) is 12.9. The molecule has 0 saturated carbocycles. The highest BCUT2D eigenvalue weighted by atomic mass is 16.5. The van der Waals surface area contributed by atoms with Crippen LogP contribution in [0.4, 0.5) is 0 Å². The predicted molar refractivity (Wildman–Crippen MR) is 159 cm³/mol. The minimum absolute atomic E-state index is 0.291. The van der Waals surface area contributed by atoms with E-state index < -0.39 is 0 Å². The third-order valence-corrected chi connectivity index (χ3v) is 6.46. The van der Waals surface area contributed by atoms with Crippen LogP contribution in [0.25, 0.3) is 22.2 Å². The van der Waals surface area contributed by atoms with Crippen LogP contribution in [0.1, 0.15) is 21.5 Å². The molecule has 0 aliphatic carbocycles. The van der Waals surface area contributed by atoms with Gasteiger partial charge in [0.1, 0.15) is 29.6 Å². The number of methoxy groups -OCH3 is 3. The Morgan fingerprint density at radius 3 is 2.37 bits per heavy atom. The van der Waals surface area contributed by atoms with Crippen molar-refractivity contribution in [1.29, 1.82) is 0 Å². The lowest BCUT2D eigenvalue weighted by Crippen LogP contribution is -2.18. The van der Waals surface area contributed by atoms with Gasteiger partial charge in [-0.2, -0.15) is 5.10 Å². The number of para-hydroxylation sites is 1. The summed E-state index contributed by atoms with van der Waals surface area (Å²) in [6, 6.07) is 29.8. The Balaban J connectivity index is 1.34. The fraction of sp³-hybridized carbons (Fsp3) is 0.121. The molecular weight excluding hydrogens is 518 g/mol. The van der Waals surface area contributed by atoms with E-state index in [-0.39, 0.29) is 5.91 Å². The molecule has 5 rings (SSSR count). The zero-order chi connectivity index (χ0) is 28.6. The summed E-state index contributed by atoms with van der Waals surface area (Å²) >= 11 is 0. The predicted octanol–water partition coefficient (Wildman–Crippen LogP) is 6.27. The van der Waals surface area contributed by atoms with E-state index in [9.17, 15) is 4.79 Å². The highest BCUT2D eigenvalue weighted by molar-refractivity contribution is 6.07. The molecule has 0 fully saturated rings. The molecule has 0 radical (unpaired) electrons. The molecule has 8 heteroatoms. The first-order chi connectivity index (χ1) is 20.1. The average Bonchev–Trinajstić information content (AvgIpc) is 3.03. The number of fused-ring (bicyclic) bond motifs is 1. The summed E-state index contributed by atoms with van der Waals surface area (Å²) in [6.45, 7) is 0.291. The van der Waals surface area contributed by atoms with E-state index in [2.05, 4.69) is 10.5 Å². The molecule has 0 aliphatic rings. The number of nitrogens with one attached hydrogen (secondary N) is 1. The Morgan fingerprint density at radius 2 is 1.59 bits per heavy atom. The van der Waals surface area contributed by atoms with Gasteiger partial charge in [-0.05, 0) is 72.3 Å². The minimum Gasteiger partial charge on any atom is -0.497 e. The number of aromatic nitrogens is 1. The van der Waals surface area contributed by atoms with Crippen LogP contribution in [0.15, 0.2) is 102 Å². The Kier molecular flexibility index (Phi) is 8.40. The van der Waals surface area contributed by atoms with Crippen LogP contribution in [0.5, 0.6) is 23.0 Å². The molecule has 1 N–H and O–H groups in total. The van der Waals surface area contributed by atoms with E-state index in [4.69, 9.17) is 23.9 Å². The third-order valence-electron chi connectivity index (χ3n) is 6.46. The fourth-order valence-corrected chi connectivity index (χ4v) is 4.34. The molecule has 0 saturated heterocycles. The van der Waals surface area contributed by atoms with E-state index in [1.54, 1.807) is 33.6 Å². The molecule has 1 amide bonds. The molecule has 0 atom stereocenters. The maximum atomic E-state index is 13.3. The summed E-state index contributed by atoms with van der Waals surface area (Å²) in [4.78, 5) is 18.1. The van der Waals surface area contributed by atoms with Crippen molar-refractivity contribution < 1.29 is 23.7 Å². The smallest absolute Gasteiger partial charge is 0.272 e. The number of hydrazone groups is 1. The van der Waals surface area contributed by atoms with Gasteiger partial charge in [-0.15, -0.1) is 0 Å². The number of benzene rings is 4. The molecule has 5 aromatic rings. The largest absolute Gasteiger partial charge is 0.497 e. The Labute approximate surface area is 238 Å². The van der Waals surface area contributed by atoms with Crippen LogP contribution in [0.3, 0.4) is 0 Å². The van der Waals surface area contributed by atoms with Crippen LogP contribution < -0.4 is 24.4 Å². The van der Waals surface area contributed by atoms with Gasteiger partial charge in [-0.3, -0.25) is 4.79 Å². The van der Waals surface area contributed by atoms with Crippen molar-refractivity contribution in [2.45, 2.75) is 6.61 Å². The second-order valence-corrected chi connectivity index (χ2v) is 9.04. The Hall–Kier alpha value is -5.37. The normalized spacial score (nSPS) is 10.9. The van der Waals surface area contributed by atoms with Crippen molar-refractivity contribution in [3.63, 3.8) is 0 Å². The highest BCUT2D eigenvalue weighted by Crippen LogP contribution is 2.27. The van der Waals surface area contributed by atoms with Gasteiger partial charge in [-0.1, -0.05) is 30.3 Å². The minimum atomic E-state index is -0.347. The molecule has 1 heterocycles. The van der Waals surface area contributed by atoms with Crippen LogP contribution in [-0.2, 0) is 6.61 Å². The lowest BCUT2D eigenvalue weighted by Gasteiger charge is -2.12. The average molecular weight is 548 g/mol. The number of ether oxygens (including phenoxy) is 4. The van der Waals surface area contributed by atoms with Gasteiger partial charge in [0.05, 0.1) is 44.3 Å². The number of amides is 1. The van der Waals surface area contributed by atoms with Gasteiger partial charge in [0.15, 0.2) is 0 Å². The molecule has 0 spiro atoms. The quantitative estimate of drug-likeness (QED) is 0.164. The van der Waals surface area contributed by atoms with Gasteiger partial charge in [0, 0.05) is 16.5 Å². The molecule has 206 valence electrons. The van der Waals surface area contributed by atoms with E-state index in [0.717, 1.165) is 27.8 Å². The van der Waals surface area contributed by atoms with Gasteiger partial charge in [0.25, 0.3) is 5.91 Å². The zero-order valence-electron chi connectivity index (χ0n) is 23.0. The lowest BCUT2D eigenvalue weighted by molar-refractivity contribution is 0.0956. The number of pyridine rings is 1. The van der Waals surface area contributed by atoms with Gasteiger partial charge in [0.2, 0.25) is 0 Å². The maximum Gasteiger partial charge on any atom is 0.272 e. The lowest BCUT2D eigenvalue weighted by atomic mass is 10.0. The van der Waals surface area contributed by atoms with E-state index in [0.29, 0.717) is 40.6 Å². The van der Waals surface area contributed by atoms with Crippen LogP contribution in [0, 0.1) is 0 Å². The molecule has 0 aliphatic heterocycles. The second-order valence-electron chi connectivity index (χ2n) is 9.04. The molecule has 4 aromatic carbocycles. The van der Waals surface area contributed by atoms with Gasteiger partial charge in [-0.25, -0.2) is 10.4 Å². The van der Waals surface area contributed by atoms with Crippen molar-refractivity contribution in [3.05, 3.63) is 114 Å². The zero-order valence-corrected chi connectivity index (χ0v) is 23.0. The van der Waals surface area contributed by atoms with Crippen LogP contribution in [0.2, 0.25) is 0 Å². The fourth-order valence-electron chi connectivity index (χ4n) is 4.34. The second kappa shape index (κ2) is 12.7. The van der Waals surface area contributed by atoms with Gasteiger partial charge < -0.3 is 18.9 Å². The summed E-state index contributed by atoms with van der Waals surface area (Å²) in [5.74, 6) is 2.51. The van der Waals surface area contributed by atoms with Crippen molar-refractivity contribution >= 4 is 23.0 Å². The molecule has 41 heavy (non-hydrogen) atoms. The highest BCUT2D eigenvalue weighted by Gasteiger charge is 2.14. The first-order valence-electron chi connectivity index (χ1n) is 12.9. The molecular formula is C33H29N3O5. The summed E-state index contributed by atoms with van der Waals surface area (Å²) in [6.07, 6.45) is 1.58. The monoisotopic (exact) mass is 547 g/mol. The first kappa shape index (κ1) is 27.2. The number of hydrogen-bond acceptors (Lipinski definition) is 7. The van der Waals surface area contributed by atoms with Crippen molar-refractivity contribution in [2.75, 3.05) is 21.3 Å². The van der Waals surface area contributed by atoms with E-state index in [1.807, 2.05) is 91.0 Å². The number of carbonyl (C=O) groups is 1. The molecule has 0 bridgehead atoms. The Bertz CT molecular complexity index is 1700. The number of nitrogens with zero attached hydrogens (tertiary/aromatic N) is 2. The molecule has 1 aromatic heterocycles.